The van der Waals surface area contributed by atoms with Gasteiger partial charge in [0.15, 0.2) is 5.69 Å². The van der Waals surface area contributed by atoms with Crippen LogP contribution in [0.1, 0.15) is 28.8 Å². The zero-order chi connectivity index (χ0) is 18.5. The molecular weight excluding hydrogens is 337 g/mol. The lowest BCUT2D eigenvalue weighted by molar-refractivity contribution is -0.143. The fourth-order valence-electron chi connectivity index (χ4n) is 3.65. The summed E-state index contributed by atoms with van der Waals surface area (Å²) in [6.07, 6.45) is -1.34. The number of hydrogen-bond donors (Lipinski definition) is 0. The summed E-state index contributed by atoms with van der Waals surface area (Å²) in [4.78, 5) is 0. The van der Waals surface area contributed by atoms with Crippen LogP contribution in [0.3, 0.4) is 0 Å². The van der Waals surface area contributed by atoms with Crippen molar-refractivity contribution in [3.05, 3.63) is 77.6 Å². The van der Waals surface area contributed by atoms with E-state index in [0.717, 1.165) is 39.8 Å². The lowest BCUT2D eigenvalue weighted by Gasteiger charge is -2.14. The van der Waals surface area contributed by atoms with Crippen LogP contribution in [0.15, 0.2) is 55.2 Å². The molecule has 2 nitrogen and oxygen atoms in total. The smallest absolute Gasteiger partial charge is 0.228 e. The zero-order valence-corrected chi connectivity index (χ0v) is 14.3. The summed E-state index contributed by atoms with van der Waals surface area (Å²) in [5.41, 5.74) is 5.07. The molecule has 0 spiro atoms. The Morgan fingerprint density at radius 2 is 1.85 bits per heavy atom. The van der Waals surface area contributed by atoms with E-state index >= 15 is 0 Å². The Hall–Kier alpha value is -2.82. The molecular formula is C21H17F3N2. The summed E-state index contributed by atoms with van der Waals surface area (Å²) < 4.78 is 41.2. The second-order valence-electron chi connectivity index (χ2n) is 6.58. The number of benzene rings is 2. The van der Waals surface area contributed by atoms with Crippen LogP contribution >= 0.6 is 0 Å². The number of aromatic nitrogens is 2. The van der Waals surface area contributed by atoms with Gasteiger partial charge in [0.05, 0.1) is 11.9 Å². The summed E-state index contributed by atoms with van der Waals surface area (Å²) in [5.74, 6) is 0. The molecule has 0 bridgehead atoms. The standard InChI is InChI=1S/C21H17F3N2/c1-13-9-10-15-5-4-8-18(19(13)15)16-6-3-7-17(11-16)26-20(21(22,23)24)14(2)12-25-26/h3-8,11-12H,1,9-10H2,2H3. The number of fused-ring (bicyclic) bond motifs is 1. The molecule has 1 aliphatic carbocycles. The lowest BCUT2D eigenvalue weighted by Crippen LogP contribution is -2.14. The molecule has 1 heterocycles. The van der Waals surface area contributed by atoms with Crippen LogP contribution in [-0.4, -0.2) is 9.78 Å². The number of hydrogen-bond acceptors (Lipinski definition) is 1. The van der Waals surface area contributed by atoms with Gasteiger partial charge >= 0.3 is 6.18 Å². The molecule has 5 heteroatoms. The first-order valence-electron chi connectivity index (χ1n) is 8.39. The van der Waals surface area contributed by atoms with Gasteiger partial charge in [-0.1, -0.05) is 36.9 Å². The van der Waals surface area contributed by atoms with E-state index in [1.807, 2.05) is 18.2 Å². The second-order valence-corrected chi connectivity index (χ2v) is 6.58. The van der Waals surface area contributed by atoms with E-state index in [-0.39, 0.29) is 5.56 Å². The van der Waals surface area contributed by atoms with Crippen LogP contribution in [0, 0.1) is 6.92 Å². The highest BCUT2D eigenvalue weighted by Gasteiger charge is 2.37. The van der Waals surface area contributed by atoms with Crippen molar-refractivity contribution < 1.29 is 13.2 Å². The maximum atomic E-state index is 13.4. The topological polar surface area (TPSA) is 17.8 Å². The van der Waals surface area contributed by atoms with Crippen molar-refractivity contribution >= 4 is 5.57 Å². The van der Waals surface area contributed by atoms with Gasteiger partial charge in [0.25, 0.3) is 0 Å². The highest BCUT2D eigenvalue weighted by molar-refractivity contribution is 5.85. The van der Waals surface area contributed by atoms with E-state index in [4.69, 9.17) is 0 Å². The second kappa shape index (κ2) is 5.87. The molecule has 1 aromatic heterocycles. The monoisotopic (exact) mass is 354 g/mol. The molecule has 2 aromatic carbocycles. The number of halogens is 3. The average Bonchev–Trinajstić information content (AvgIpc) is 3.18. The van der Waals surface area contributed by atoms with E-state index < -0.39 is 11.9 Å². The molecule has 0 fully saturated rings. The highest BCUT2D eigenvalue weighted by atomic mass is 19.4. The Kier molecular flexibility index (Phi) is 3.75. The van der Waals surface area contributed by atoms with Crippen molar-refractivity contribution in [2.24, 2.45) is 0 Å². The van der Waals surface area contributed by atoms with Gasteiger partial charge < -0.3 is 0 Å². The van der Waals surface area contributed by atoms with Gasteiger partial charge in [-0.25, -0.2) is 4.68 Å². The zero-order valence-electron chi connectivity index (χ0n) is 14.3. The predicted molar refractivity (Wildman–Crippen MR) is 96.1 cm³/mol. The van der Waals surface area contributed by atoms with E-state index in [2.05, 4.69) is 17.7 Å². The van der Waals surface area contributed by atoms with Crippen LogP contribution in [-0.2, 0) is 12.6 Å². The molecule has 0 saturated carbocycles. The molecule has 1 aliphatic rings. The number of allylic oxidation sites excluding steroid dienone is 1. The molecule has 0 N–H and O–H groups in total. The number of alkyl halides is 3. The van der Waals surface area contributed by atoms with Gasteiger partial charge in [-0.3, -0.25) is 0 Å². The largest absolute Gasteiger partial charge is 0.433 e. The van der Waals surface area contributed by atoms with Gasteiger partial charge in [-0.15, -0.1) is 0 Å². The van der Waals surface area contributed by atoms with Crippen LogP contribution in [0.25, 0.3) is 22.4 Å². The normalized spacial score (nSPS) is 13.9. The fourth-order valence-corrected chi connectivity index (χ4v) is 3.65. The first kappa shape index (κ1) is 16.6. The van der Waals surface area contributed by atoms with E-state index in [1.54, 1.807) is 18.2 Å². The van der Waals surface area contributed by atoms with Gasteiger partial charge in [-0.2, -0.15) is 18.3 Å². The lowest BCUT2D eigenvalue weighted by atomic mass is 9.95. The molecule has 132 valence electrons. The third-order valence-corrected chi connectivity index (χ3v) is 4.82. The first-order chi connectivity index (χ1) is 12.4. The van der Waals surface area contributed by atoms with Crippen LogP contribution in [0.5, 0.6) is 0 Å². The minimum absolute atomic E-state index is 0.108. The quantitative estimate of drug-likeness (QED) is 0.566. The number of nitrogens with zero attached hydrogens (tertiary/aromatic N) is 2. The summed E-state index contributed by atoms with van der Waals surface area (Å²) in [6.45, 7) is 5.57. The molecule has 4 rings (SSSR count). The summed E-state index contributed by atoms with van der Waals surface area (Å²) >= 11 is 0. The molecule has 0 unspecified atom stereocenters. The average molecular weight is 354 g/mol. The minimum Gasteiger partial charge on any atom is -0.228 e. The maximum Gasteiger partial charge on any atom is 0.433 e. The Morgan fingerprint density at radius 3 is 2.62 bits per heavy atom. The van der Waals surface area contributed by atoms with Crippen molar-refractivity contribution in [2.75, 3.05) is 0 Å². The highest BCUT2D eigenvalue weighted by Crippen LogP contribution is 2.39. The fraction of sp³-hybridized carbons (Fsp3) is 0.190. The number of rotatable bonds is 2. The van der Waals surface area contributed by atoms with Gasteiger partial charge in [0.1, 0.15) is 0 Å². The van der Waals surface area contributed by atoms with Gasteiger partial charge in [0.2, 0.25) is 0 Å². The first-order valence-corrected chi connectivity index (χ1v) is 8.39. The third kappa shape index (κ3) is 2.64. The molecule has 0 aliphatic heterocycles. The Labute approximate surface area is 149 Å². The van der Waals surface area contributed by atoms with E-state index in [9.17, 15) is 13.2 Å². The molecule has 3 aromatic rings. The summed E-state index contributed by atoms with van der Waals surface area (Å²) in [6, 6.07) is 13.1. The Bertz CT molecular complexity index is 1010. The van der Waals surface area contributed by atoms with Crippen molar-refractivity contribution in [3.63, 3.8) is 0 Å². The van der Waals surface area contributed by atoms with E-state index in [1.165, 1.54) is 18.7 Å². The Morgan fingerprint density at radius 1 is 1.08 bits per heavy atom. The van der Waals surface area contributed by atoms with Crippen molar-refractivity contribution in [2.45, 2.75) is 25.9 Å². The van der Waals surface area contributed by atoms with Crippen LogP contribution in [0.4, 0.5) is 13.2 Å². The molecule has 26 heavy (non-hydrogen) atoms. The van der Waals surface area contributed by atoms with Crippen molar-refractivity contribution in [1.82, 2.24) is 9.78 Å². The third-order valence-electron chi connectivity index (χ3n) is 4.82. The number of aryl methyl sites for hydroxylation is 2. The van der Waals surface area contributed by atoms with Gasteiger partial charge in [-0.05, 0) is 65.3 Å². The minimum atomic E-state index is -4.46. The summed E-state index contributed by atoms with van der Waals surface area (Å²) in [7, 11) is 0. The molecule has 0 radical (unpaired) electrons. The van der Waals surface area contributed by atoms with Gasteiger partial charge in [0, 0.05) is 0 Å². The SMILES string of the molecule is C=C1CCc2cccc(-c3cccc(-n4ncc(C)c4C(F)(F)F)c3)c21. The van der Waals surface area contributed by atoms with E-state index in [0.29, 0.717) is 5.69 Å². The molecule has 0 amide bonds. The summed E-state index contributed by atoms with van der Waals surface area (Å²) in [5, 5.41) is 3.95. The van der Waals surface area contributed by atoms with Crippen LogP contribution < -0.4 is 0 Å². The maximum absolute atomic E-state index is 13.4. The van der Waals surface area contributed by atoms with Crippen molar-refractivity contribution in [1.29, 1.82) is 0 Å². The predicted octanol–water partition coefficient (Wildman–Crippen LogP) is 5.83. The Balaban J connectivity index is 1.86. The molecule has 0 atom stereocenters. The molecule has 0 saturated heterocycles. The van der Waals surface area contributed by atoms with Crippen molar-refractivity contribution in [3.8, 4) is 16.8 Å². The van der Waals surface area contributed by atoms with Crippen LogP contribution in [0.2, 0.25) is 0 Å².